The molecule has 136 valence electrons. The summed E-state index contributed by atoms with van der Waals surface area (Å²) in [4.78, 5) is 0. The maximum absolute atomic E-state index is 2.52. The Balaban J connectivity index is 1.49. The van der Waals surface area contributed by atoms with E-state index in [1.807, 2.05) is 0 Å². The molecule has 0 saturated heterocycles. The summed E-state index contributed by atoms with van der Waals surface area (Å²) in [7, 11) is 0. The zero-order valence-electron chi connectivity index (χ0n) is 16.7. The fourth-order valence-electron chi connectivity index (χ4n) is 8.11. The molecule has 0 aromatic rings. The average Bonchev–Trinajstić information content (AvgIpc) is 2.99. The zero-order valence-corrected chi connectivity index (χ0v) is 16.7. The van der Waals surface area contributed by atoms with Gasteiger partial charge in [0.1, 0.15) is 0 Å². The Bertz CT molecular complexity index is 484. The molecule has 0 heterocycles. The Morgan fingerprint density at radius 3 is 2.21 bits per heavy atom. The molecule has 0 N–H and O–H groups in total. The second kappa shape index (κ2) is 6.48. The normalized spacial score (nSPS) is 47.7. The maximum Gasteiger partial charge on any atom is -0.0172 e. The summed E-state index contributed by atoms with van der Waals surface area (Å²) in [6, 6.07) is 0. The minimum atomic E-state index is 0.631. The van der Waals surface area contributed by atoms with Crippen LogP contribution in [-0.4, -0.2) is 0 Å². The van der Waals surface area contributed by atoms with E-state index in [-0.39, 0.29) is 0 Å². The monoisotopic (exact) mass is 328 g/mol. The highest BCUT2D eigenvalue weighted by molar-refractivity contribution is 5.13. The van der Waals surface area contributed by atoms with E-state index >= 15 is 0 Å². The van der Waals surface area contributed by atoms with Crippen LogP contribution < -0.4 is 0 Å². The van der Waals surface area contributed by atoms with Crippen LogP contribution in [0.15, 0.2) is 11.6 Å². The van der Waals surface area contributed by atoms with Crippen LogP contribution in [0, 0.1) is 46.8 Å². The molecule has 3 unspecified atom stereocenters. The molecule has 24 heavy (non-hydrogen) atoms. The van der Waals surface area contributed by atoms with Gasteiger partial charge in [-0.05, 0) is 118 Å². The van der Waals surface area contributed by atoms with Crippen molar-refractivity contribution in [2.45, 2.75) is 91.9 Å². The van der Waals surface area contributed by atoms with Gasteiger partial charge < -0.3 is 0 Å². The Hall–Kier alpha value is -0.260. The van der Waals surface area contributed by atoms with Gasteiger partial charge in [-0.3, -0.25) is 0 Å². The van der Waals surface area contributed by atoms with Crippen molar-refractivity contribution >= 4 is 0 Å². The molecule has 4 aliphatic rings. The first-order valence-corrected chi connectivity index (χ1v) is 11.2. The van der Waals surface area contributed by atoms with Crippen molar-refractivity contribution in [1.82, 2.24) is 0 Å². The van der Waals surface area contributed by atoms with Gasteiger partial charge in [-0.15, -0.1) is 0 Å². The second-order valence-electron chi connectivity index (χ2n) is 10.5. The van der Waals surface area contributed by atoms with Crippen LogP contribution in [0.3, 0.4) is 0 Å². The Labute approximate surface area is 150 Å². The molecular weight excluding hydrogens is 288 g/mol. The lowest BCUT2D eigenvalue weighted by molar-refractivity contribution is -0.0449. The SMILES string of the molecule is C/C=C(\CC)C1CC[C@@H]2C1CC[C@H]1C2CC[C@H]2CC(C)(C)CC[C@@H]21. The van der Waals surface area contributed by atoms with E-state index in [1.54, 1.807) is 44.1 Å². The summed E-state index contributed by atoms with van der Waals surface area (Å²) < 4.78 is 0. The Morgan fingerprint density at radius 1 is 0.833 bits per heavy atom. The molecule has 0 aromatic heterocycles. The average molecular weight is 329 g/mol. The zero-order chi connectivity index (χ0) is 16.9. The first-order chi connectivity index (χ1) is 11.5. The second-order valence-corrected chi connectivity index (χ2v) is 10.5. The molecule has 0 spiro atoms. The number of fused-ring (bicyclic) bond motifs is 5. The molecule has 0 bridgehead atoms. The molecule has 0 heteroatoms. The van der Waals surface area contributed by atoms with E-state index in [1.165, 1.54) is 25.7 Å². The van der Waals surface area contributed by atoms with E-state index < -0.39 is 0 Å². The maximum atomic E-state index is 2.52. The Kier molecular flexibility index (Phi) is 4.63. The number of hydrogen-bond donors (Lipinski definition) is 0. The molecule has 0 amide bonds. The fraction of sp³-hybridized carbons (Fsp3) is 0.917. The van der Waals surface area contributed by atoms with Gasteiger partial charge in [0.15, 0.2) is 0 Å². The van der Waals surface area contributed by atoms with Gasteiger partial charge in [0.2, 0.25) is 0 Å². The van der Waals surface area contributed by atoms with Crippen molar-refractivity contribution in [2.75, 3.05) is 0 Å². The van der Waals surface area contributed by atoms with Gasteiger partial charge in [0.05, 0.1) is 0 Å². The van der Waals surface area contributed by atoms with Crippen molar-refractivity contribution in [2.24, 2.45) is 46.8 Å². The highest BCUT2D eigenvalue weighted by Gasteiger charge is 2.52. The van der Waals surface area contributed by atoms with Crippen LogP contribution >= 0.6 is 0 Å². The van der Waals surface area contributed by atoms with Gasteiger partial charge in [0.25, 0.3) is 0 Å². The highest BCUT2D eigenvalue weighted by atomic mass is 14.6. The molecule has 4 saturated carbocycles. The quantitative estimate of drug-likeness (QED) is 0.468. The van der Waals surface area contributed by atoms with Gasteiger partial charge in [-0.1, -0.05) is 32.4 Å². The summed E-state index contributed by atoms with van der Waals surface area (Å²) in [6.07, 6.45) is 17.6. The molecule has 4 fully saturated rings. The summed E-state index contributed by atoms with van der Waals surface area (Å²) in [5.74, 6) is 7.48. The van der Waals surface area contributed by atoms with Crippen molar-refractivity contribution in [3.8, 4) is 0 Å². The van der Waals surface area contributed by atoms with E-state index in [9.17, 15) is 0 Å². The predicted octanol–water partition coefficient (Wildman–Crippen LogP) is 7.25. The standard InChI is InChI=1S/C24H40/c1-5-16(6-2)18-9-10-23-20(18)11-12-21-19-13-14-24(3,4)15-17(19)7-8-22(21)23/h5,17-23H,6-15H2,1-4H3/b16-5+/t17-,18?,19-,20?,21+,22?,23+/m0/s1. The van der Waals surface area contributed by atoms with Gasteiger partial charge >= 0.3 is 0 Å². The third kappa shape index (κ3) is 2.80. The molecular formula is C24H40. The van der Waals surface area contributed by atoms with Gasteiger partial charge in [-0.2, -0.15) is 0 Å². The van der Waals surface area contributed by atoms with Crippen molar-refractivity contribution in [3.05, 3.63) is 11.6 Å². The van der Waals surface area contributed by atoms with Gasteiger partial charge in [0, 0.05) is 0 Å². The topological polar surface area (TPSA) is 0 Å². The molecule has 7 atom stereocenters. The predicted molar refractivity (Wildman–Crippen MR) is 104 cm³/mol. The van der Waals surface area contributed by atoms with E-state index in [0.29, 0.717) is 5.41 Å². The summed E-state index contributed by atoms with van der Waals surface area (Å²) in [5.41, 5.74) is 2.42. The van der Waals surface area contributed by atoms with Crippen LogP contribution in [0.4, 0.5) is 0 Å². The lowest BCUT2D eigenvalue weighted by Gasteiger charge is -2.54. The van der Waals surface area contributed by atoms with Crippen LogP contribution in [0.2, 0.25) is 0 Å². The number of allylic oxidation sites excluding steroid dienone is 2. The number of hydrogen-bond acceptors (Lipinski definition) is 0. The molecule has 0 aromatic carbocycles. The van der Waals surface area contributed by atoms with Crippen molar-refractivity contribution in [3.63, 3.8) is 0 Å². The van der Waals surface area contributed by atoms with Crippen LogP contribution in [0.5, 0.6) is 0 Å². The van der Waals surface area contributed by atoms with Crippen LogP contribution in [0.1, 0.15) is 91.9 Å². The lowest BCUT2D eigenvalue weighted by atomic mass is 9.51. The molecule has 0 aliphatic heterocycles. The third-order valence-corrected chi connectivity index (χ3v) is 9.06. The van der Waals surface area contributed by atoms with Crippen molar-refractivity contribution in [1.29, 1.82) is 0 Å². The summed E-state index contributed by atoms with van der Waals surface area (Å²) in [6.45, 7) is 9.71. The smallest absolute Gasteiger partial charge is 0.0172 e. The first kappa shape index (κ1) is 17.2. The third-order valence-electron chi connectivity index (χ3n) is 9.06. The minimum absolute atomic E-state index is 0.631. The molecule has 0 nitrogen and oxygen atoms in total. The van der Waals surface area contributed by atoms with Gasteiger partial charge in [-0.25, -0.2) is 0 Å². The van der Waals surface area contributed by atoms with Crippen LogP contribution in [-0.2, 0) is 0 Å². The Morgan fingerprint density at radius 2 is 1.46 bits per heavy atom. The highest BCUT2D eigenvalue weighted by Crippen LogP contribution is 2.61. The summed E-state index contributed by atoms with van der Waals surface area (Å²) >= 11 is 0. The minimum Gasteiger partial charge on any atom is -0.0882 e. The van der Waals surface area contributed by atoms with E-state index in [0.717, 1.165) is 41.4 Å². The fourth-order valence-corrected chi connectivity index (χ4v) is 8.11. The van der Waals surface area contributed by atoms with Crippen molar-refractivity contribution < 1.29 is 0 Å². The molecule has 4 aliphatic carbocycles. The largest absolute Gasteiger partial charge is 0.0882 e. The summed E-state index contributed by atoms with van der Waals surface area (Å²) in [5, 5.41) is 0. The van der Waals surface area contributed by atoms with E-state index in [4.69, 9.17) is 0 Å². The lowest BCUT2D eigenvalue weighted by Crippen LogP contribution is -2.46. The number of rotatable bonds is 2. The van der Waals surface area contributed by atoms with Crippen LogP contribution in [0.25, 0.3) is 0 Å². The van der Waals surface area contributed by atoms with E-state index in [2.05, 4.69) is 33.8 Å². The first-order valence-electron chi connectivity index (χ1n) is 11.2. The molecule has 0 radical (unpaired) electrons. The molecule has 4 rings (SSSR count).